The van der Waals surface area contributed by atoms with Gasteiger partial charge >= 0.3 is 11.9 Å². The van der Waals surface area contributed by atoms with Crippen LogP contribution in [0, 0.1) is 0 Å². The number of aryl methyl sites for hydroxylation is 1. The van der Waals surface area contributed by atoms with Crippen LogP contribution in [0.4, 0.5) is 0 Å². The van der Waals surface area contributed by atoms with Gasteiger partial charge in [-0.3, -0.25) is 9.59 Å². The summed E-state index contributed by atoms with van der Waals surface area (Å²) in [5.41, 5.74) is 2.15. The fraction of sp³-hybridized carbons (Fsp3) is 0.625. The molecule has 1 aromatic rings. The largest absolute Gasteiger partial charge is 0.466 e. The van der Waals surface area contributed by atoms with Gasteiger partial charge in [0.25, 0.3) is 0 Å². The lowest BCUT2D eigenvalue weighted by Gasteiger charge is -2.19. The normalized spacial score (nSPS) is 14.7. The molecule has 7 heteroatoms. The summed E-state index contributed by atoms with van der Waals surface area (Å²) in [6.45, 7) is 4.06. The van der Waals surface area contributed by atoms with Crippen molar-refractivity contribution in [3.63, 3.8) is 0 Å². The van der Waals surface area contributed by atoms with Crippen molar-refractivity contribution in [2.45, 2.75) is 56.2 Å². The van der Waals surface area contributed by atoms with Crippen molar-refractivity contribution < 1.29 is 19.1 Å². The van der Waals surface area contributed by atoms with Crippen LogP contribution in [0.15, 0.2) is 11.4 Å². The quantitative estimate of drug-likeness (QED) is 0.429. The first-order valence-electron chi connectivity index (χ1n) is 7.97. The highest BCUT2D eigenvalue weighted by Gasteiger charge is 2.28. The van der Waals surface area contributed by atoms with Crippen LogP contribution in [-0.4, -0.2) is 40.4 Å². The van der Waals surface area contributed by atoms with Gasteiger partial charge in [0.2, 0.25) is 0 Å². The first kappa shape index (κ1) is 17.7. The fourth-order valence-electron chi connectivity index (χ4n) is 2.51. The average molecular weight is 338 g/mol. The molecular weight excluding hydrogens is 316 g/mol. The van der Waals surface area contributed by atoms with E-state index in [-0.39, 0.29) is 13.0 Å². The maximum absolute atomic E-state index is 12.2. The lowest BCUT2D eigenvalue weighted by Crippen LogP contribution is -2.25. The molecule has 1 heterocycles. The van der Waals surface area contributed by atoms with Gasteiger partial charge in [0.15, 0.2) is 0 Å². The highest BCUT2D eigenvalue weighted by atomic mass is 32.2. The minimum absolute atomic E-state index is 0.0177. The molecule has 0 bridgehead atoms. The van der Waals surface area contributed by atoms with Crippen LogP contribution >= 0.6 is 11.8 Å². The number of fused-ring (bicyclic) bond motifs is 1. The van der Waals surface area contributed by atoms with Crippen LogP contribution in [0.3, 0.4) is 0 Å². The van der Waals surface area contributed by atoms with Gasteiger partial charge in [0.05, 0.1) is 19.6 Å². The number of thioether (sulfide) groups is 1. The second-order valence-electron chi connectivity index (χ2n) is 5.18. The SMILES string of the molecule is CCOC(=O)CC(Sc1ncnc2c1CCCC2)C(=O)OCC. The number of carbonyl (C=O) groups is 2. The molecule has 0 radical (unpaired) electrons. The average Bonchev–Trinajstić information content (AvgIpc) is 2.55. The summed E-state index contributed by atoms with van der Waals surface area (Å²) in [4.78, 5) is 32.6. The van der Waals surface area contributed by atoms with E-state index in [1.807, 2.05) is 0 Å². The number of carbonyl (C=O) groups excluding carboxylic acids is 2. The molecule has 1 aromatic heterocycles. The molecule has 1 unspecified atom stereocenters. The molecule has 23 heavy (non-hydrogen) atoms. The van der Waals surface area contributed by atoms with Gasteiger partial charge in [-0.2, -0.15) is 0 Å². The first-order chi connectivity index (χ1) is 11.2. The molecule has 0 aliphatic heterocycles. The van der Waals surface area contributed by atoms with Gasteiger partial charge in [-0.1, -0.05) is 11.8 Å². The lowest BCUT2D eigenvalue weighted by molar-refractivity contribution is -0.149. The molecule has 0 N–H and O–H groups in total. The summed E-state index contributed by atoms with van der Waals surface area (Å²) >= 11 is 1.28. The highest BCUT2D eigenvalue weighted by Crippen LogP contribution is 2.32. The molecule has 0 fully saturated rings. The maximum Gasteiger partial charge on any atom is 0.320 e. The predicted octanol–water partition coefficient (Wildman–Crippen LogP) is 2.33. The number of hydrogen-bond acceptors (Lipinski definition) is 7. The van der Waals surface area contributed by atoms with Crippen molar-refractivity contribution in [3.05, 3.63) is 17.6 Å². The third-order valence-electron chi connectivity index (χ3n) is 3.55. The van der Waals surface area contributed by atoms with E-state index < -0.39 is 17.2 Å². The van der Waals surface area contributed by atoms with Crippen LogP contribution < -0.4 is 0 Å². The number of hydrogen-bond donors (Lipinski definition) is 0. The molecule has 0 saturated carbocycles. The summed E-state index contributed by atoms with van der Waals surface area (Å²) in [7, 11) is 0. The van der Waals surface area contributed by atoms with Gasteiger partial charge in [0, 0.05) is 11.3 Å². The van der Waals surface area contributed by atoms with E-state index in [0.29, 0.717) is 6.61 Å². The molecule has 0 saturated heterocycles. The standard InChI is InChI=1S/C16H22N2O4S/c1-3-21-14(19)9-13(16(20)22-4-2)23-15-11-7-5-6-8-12(11)17-10-18-15/h10,13H,3-9H2,1-2H3. The topological polar surface area (TPSA) is 78.4 Å². The summed E-state index contributed by atoms with van der Waals surface area (Å²) in [5.74, 6) is -0.810. The van der Waals surface area contributed by atoms with E-state index in [2.05, 4.69) is 9.97 Å². The monoisotopic (exact) mass is 338 g/mol. The van der Waals surface area contributed by atoms with Crippen LogP contribution in [0.25, 0.3) is 0 Å². The Kier molecular flexibility index (Phi) is 6.83. The van der Waals surface area contributed by atoms with E-state index in [4.69, 9.17) is 9.47 Å². The Bertz CT molecular complexity index is 565. The van der Waals surface area contributed by atoms with Crippen molar-refractivity contribution in [2.24, 2.45) is 0 Å². The van der Waals surface area contributed by atoms with Crippen LogP contribution in [0.2, 0.25) is 0 Å². The van der Waals surface area contributed by atoms with Crippen LogP contribution in [0.5, 0.6) is 0 Å². The van der Waals surface area contributed by atoms with Crippen molar-refractivity contribution in [2.75, 3.05) is 13.2 Å². The third kappa shape index (κ3) is 4.92. The summed E-state index contributed by atoms with van der Waals surface area (Å²) in [6, 6.07) is 0. The molecule has 0 spiro atoms. The van der Waals surface area contributed by atoms with Crippen molar-refractivity contribution in [1.29, 1.82) is 0 Å². The summed E-state index contributed by atoms with van der Waals surface area (Å²) in [5, 5.41) is 0.131. The van der Waals surface area contributed by atoms with Gasteiger partial charge < -0.3 is 9.47 Å². The fourth-order valence-corrected chi connectivity index (χ4v) is 3.63. The molecule has 1 aliphatic rings. The molecule has 1 atom stereocenters. The molecule has 2 rings (SSSR count). The Morgan fingerprint density at radius 2 is 1.91 bits per heavy atom. The number of aromatic nitrogens is 2. The molecule has 126 valence electrons. The molecule has 6 nitrogen and oxygen atoms in total. The van der Waals surface area contributed by atoms with Gasteiger partial charge in [-0.05, 0) is 39.5 Å². The zero-order valence-electron chi connectivity index (χ0n) is 13.5. The zero-order chi connectivity index (χ0) is 16.7. The van der Waals surface area contributed by atoms with E-state index in [1.165, 1.54) is 18.1 Å². The number of ether oxygens (including phenoxy) is 2. The second kappa shape index (κ2) is 8.86. The van der Waals surface area contributed by atoms with E-state index in [0.717, 1.165) is 42.0 Å². The summed E-state index contributed by atoms with van der Waals surface area (Å²) < 4.78 is 10.0. The Balaban J connectivity index is 2.16. The van der Waals surface area contributed by atoms with Crippen LogP contribution in [-0.2, 0) is 31.9 Å². The predicted molar refractivity (Wildman–Crippen MR) is 86.2 cm³/mol. The van der Waals surface area contributed by atoms with Gasteiger partial charge in [-0.25, -0.2) is 9.97 Å². The van der Waals surface area contributed by atoms with Gasteiger partial charge in [0.1, 0.15) is 16.6 Å². The van der Waals surface area contributed by atoms with Crippen molar-refractivity contribution in [3.8, 4) is 0 Å². The Morgan fingerprint density at radius 1 is 1.17 bits per heavy atom. The molecule has 0 amide bonds. The minimum Gasteiger partial charge on any atom is -0.466 e. The Hall–Kier alpha value is -1.63. The van der Waals surface area contributed by atoms with E-state index >= 15 is 0 Å². The second-order valence-corrected chi connectivity index (χ2v) is 6.37. The van der Waals surface area contributed by atoms with E-state index in [9.17, 15) is 9.59 Å². The molecule has 0 aromatic carbocycles. The first-order valence-corrected chi connectivity index (χ1v) is 8.85. The number of nitrogens with zero attached hydrogens (tertiary/aromatic N) is 2. The van der Waals surface area contributed by atoms with Crippen LogP contribution in [0.1, 0.15) is 44.4 Å². The van der Waals surface area contributed by atoms with Crippen molar-refractivity contribution >= 4 is 23.7 Å². The molecular formula is C16H22N2O4S. The van der Waals surface area contributed by atoms with Crippen molar-refractivity contribution in [1.82, 2.24) is 9.97 Å². The third-order valence-corrected chi connectivity index (χ3v) is 4.76. The zero-order valence-corrected chi connectivity index (χ0v) is 14.4. The van der Waals surface area contributed by atoms with Gasteiger partial charge in [-0.15, -0.1) is 0 Å². The lowest BCUT2D eigenvalue weighted by atomic mass is 9.98. The molecule has 1 aliphatic carbocycles. The summed E-state index contributed by atoms with van der Waals surface area (Å²) in [6.07, 6.45) is 5.57. The highest BCUT2D eigenvalue weighted by molar-refractivity contribution is 8.00. The number of esters is 2. The maximum atomic E-state index is 12.2. The smallest absolute Gasteiger partial charge is 0.320 e. The van der Waals surface area contributed by atoms with E-state index in [1.54, 1.807) is 13.8 Å². The number of rotatable bonds is 7. The minimum atomic E-state index is -0.644. The Morgan fingerprint density at radius 3 is 2.65 bits per heavy atom. The Labute approximate surface area is 140 Å².